The summed E-state index contributed by atoms with van der Waals surface area (Å²) in [5.74, 6) is 0.115. The van der Waals surface area contributed by atoms with E-state index in [1.54, 1.807) is 11.3 Å². The molecular formula is C14H16BrN3OS. The van der Waals surface area contributed by atoms with Crippen molar-refractivity contribution in [3.63, 3.8) is 0 Å². The number of thiophene rings is 1. The summed E-state index contributed by atoms with van der Waals surface area (Å²) in [7, 11) is 2.00. The Labute approximate surface area is 130 Å². The lowest BCUT2D eigenvalue weighted by Crippen LogP contribution is -2.24. The highest BCUT2D eigenvalue weighted by Gasteiger charge is 2.12. The summed E-state index contributed by atoms with van der Waals surface area (Å²) < 4.78 is 0.898. The molecule has 4 nitrogen and oxygen atoms in total. The number of halogens is 1. The number of rotatable bonds is 5. The van der Waals surface area contributed by atoms with Crippen LogP contribution in [-0.4, -0.2) is 24.6 Å². The molecule has 2 aromatic rings. The van der Waals surface area contributed by atoms with Crippen LogP contribution in [-0.2, 0) is 6.42 Å². The lowest BCUT2D eigenvalue weighted by atomic mass is 10.1. The first-order chi connectivity index (χ1) is 9.61. The lowest BCUT2D eigenvalue weighted by Gasteiger charge is -2.22. The minimum absolute atomic E-state index is 0.115. The van der Waals surface area contributed by atoms with Gasteiger partial charge in [-0.25, -0.2) is 0 Å². The first kappa shape index (κ1) is 14.9. The van der Waals surface area contributed by atoms with E-state index in [4.69, 9.17) is 10.9 Å². The molecule has 0 amide bonds. The number of anilines is 1. The van der Waals surface area contributed by atoms with Gasteiger partial charge in [-0.3, -0.25) is 0 Å². The number of hydrogen-bond acceptors (Lipinski definition) is 4. The van der Waals surface area contributed by atoms with E-state index >= 15 is 0 Å². The van der Waals surface area contributed by atoms with Crippen molar-refractivity contribution < 1.29 is 5.21 Å². The van der Waals surface area contributed by atoms with Gasteiger partial charge in [-0.1, -0.05) is 27.2 Å². The molecule has 0 aliphatic carbocycles. The van der Waals surface area contributed by atoms with E-state index in [-0.39, 0.29) is 5.84 Å². The third-order valence-electron chi connectivity index (χ3n) is 3.03. The van der Waals surface area contributed by atoms with Crippen molar-refractivity contribution >= 4 is 38.8 Å². The molecule has 0 aliphatic heterocycles. The maximum Gasteiger partial charge on any atom is 0.172 e. The normalized spacial score (nSPS) is 11.6. The monoisotopic (exact) mass is 353 g/mol. The quantitative estimate of drug-likeness (QED) is 0.375. The Balaban J connectivity index is 2.18. The van der Waals surface area contributed by atoms with Crippen LogP contribution in [0, 0.1) is 0 Å². The van der Waals surface area contributed by atoms with Crippen molar-refractivity contribution in [3.05, 3.63) is 50.6 Å². The minimum Gasteiger partial charge on any atom is -0.409 e. The average molecular weight is 354 g/mol. The SMILES string of the molecule is CN(CCc1cccs1)c1ccc(Br)cc1/C(N)=N/O. The van der Waals surface area contributed by atoms with Crippen LogP contribution in [0.15, 0.2) is 45.3 Å². The van der Waals surface area contributed by atoms with E-state index in [0.29, 0.717) is 0 Å². The average Bonchev–Trinajstić information content (AvgIpc) is 2.97. The molecule has 1 aromatic heterocycles. The molecule has 0 spiro atoms. The van der Waals surface area contributed by atoms with Crippen molar-refractivity contribution in [1.82, 2.24) is 0 Å². The van der Waals surface area contributed by atoms with Crippen LogP contribution < -0.4 is 10.6 Å². The second-order valence-corrected chi connectivity index (χ2v) is 6.35. The zero-order valence-electron chi connectivity index (χ0n) is 11.1. The number of amidine groups is 1. The van der Waals surface area contributed by atoms with E-state index in [2.05, 4.69) is 43.5 Å². The molecule has 2 rings (SSSR count). The summed E-state index contributed by atoms with van der Waals surface area (Å²) in [5, 5.41) is 14.1. The van der Waals surface area contributed by atoms with Gasteiger partial charge >= 0.3 is 0 Å². The van der Waals surface area contributed by atoms with Gasteiger partial charge in [-0.2, -0.15) is 0 Å². The van der Waals surface area contributed by atoms with Gasteiger partial charge in [0.25, 0.3) is 0 Å². The number of likely N-dealkylation sites (N-methyl/N-ethyl adjacent to an activating group) is 1. The predicted molar refractivity (Wildman–Crippen MR) is 87.9 cm³/mol. The summed E-state index contributed by atoms with van der Waals surface area (Å²) in [6.45, 7) is 0.869. The Bertz CT molecular complexity index is 598. The van der Waals surface area contributed by atoms with Crippen molar-refractivity contribution in [2.75, 3.05) is 18.5 Å². The maximum atomic E-state index is 8.90. The molecule has 0 bridgehead atoms. The van der Waals surface area contributed by atoms with Gasteiger partial charge in [0.05, 0.1) is 0 Å². The van der Waals surface area contributed by atoms with Gasteiger partial charge in [-0.15, -0.1) is 11.3 Å². The van der Waals surface area contributed by atoms with E-state index in [0.717, 1.165) is 28.7 Å². The Kier molecular flexibility index (Phi) is 5.03. The van der Waals surface area contributed by atoms with Crippen LogP contribution in [0.25, 0.3) is 0 Å². The Morgan fingerprint density at radius 2 is 2.25 bits per heavy atom. The molecule has 0 fully saturated rings. The van der Waals surface area contributed by atoms with E-state index in [1.807, 2.05) is 25.2 Å². The number of benzene rings is 1. The topological polar surface area (TPSA) is 61.8 Å². The van der Waals surface area contributed by atoms with Gasteiger partial charge in [0.1, 0.15) is 0 Å². The highest BCUT2D eigenvalue weighted by Crippen LogP contribution is 2.24. The van der Waals surface area contributed by atoms with Crippen molar-refractivity contribution in [3.8, 4) is 0 Å². The second kappa shape index (κ2) is 6.76. The molecule has 6 heteroatoms. The number of oxime groups is 1. The Hall–Kier alpha value is -1.53. The van der Waals surface area contributed by atoms with Crippen LogP contribution >= 0.6 is 27.3 Å². The van der Waals surface area contributed by atoms with E-state index in [9.17, 15) is 0 Å². The molecule has 20 heavy (non-hydrogen) atoms. The van der Waals surface area contributed by atoms with Crippen LogP contribution in [0.3, 0.4) is 0 Å². The summed E-state index contributed by atoms with van der Waals surface area (Å²) in [6.07, 6.45) is 0.972. The van der Waals surface area contributed by atoms with E-state index in [1.165, 1.54) is 4.88 Å². The fourth-order valence-corrected chi connectivity index (χ4v) is 3.01. The number of nitrogens with zero attached hydrogens (tertiary/aromatic N) is 2. The van der Waals surface area contributed by atoms with Crippen molar-refractivity contribution in [2.45, 2.75) is 6.42 Å². The summed E-state index contributed by atoms with van der Waals surface area (Å²) >= 11 is 5.16. The van der Waals surface area contributed by atoms with Gasteiger partial charge in [0, 0.05) is 34.2 Å². The van der Waals surface area contributed by atoms with Gasteiger partial charge in [0.2, 0.25) is 0 Å². The largest absolute Gasteiger partial charge is 0.409 e. The molecule has 1 aromatic carbocycles. The Morgan fingerprint density at radius 1 is 1.45 bits per heavy atom. The molecule has 0 atom stereocenters. The van der Waals surface area contributed by atoms with Crippen molar-refractivity contribution in [1.29, 1.82) is 0 Å². The summed E-state index contributed by atoms with van der Waals surface area (Å²) in [4.78, 5) is 3.46. The highest BCUT2D eigenvalue weighted by molar-refractivity contribution is 9.10. The second-order valence-electron chi connectivity index (χ2n) is 4.40. The van der Waals surface area contributed by atoms with Crippen LogP contribution in [0.4, 0.5) is 5.69 Å². The molecule has 0 saturated heterocycles. The van der Waals surface area contributed by atoms with Crippen LogP contribution in [0.5, 0.6) is 0 Å². The molecule has 0 aliphatic rings. The Morgan fingerprint density at radius 3 is 2.90 bits per heavy atom. The molecule has 0 saturated carbocycles. The molecule has 3 N–H and O–H groups in total. The number of hydrogen-bond donors (Lipinski definition) is 2. The molecule has 1 heterocycles. The molecular weight excluding hydrogens is 338 g/mol. The van der Waals surface area contributed by atoms with Gasteiger partial charge in [0.15, 0.2) is 5.84 Å². The predicted octanol–water partition coefficient (Wildman–Crippen LogP) is 3.28. The smallest absolute Gasteiger partial charge is 0.172 e. The van der Waals surface area contributed by atoms with Gasteiger partial charge in [-0.05, 0) is 36.1 Å². The first-order valence-electron chi connectivity index (χ1n) is 6.13. The van der Waals surface area contributed by atoms with Gasteiger partial charge < -0.3 is 15.8 Å². The lowest BCUT2D eigenvalue weighted by molar-refractivity contribution is 0.318. The minimum atomic E-state index is 0.115. The van der Waals surface area contributed by atoms with Crippen molar-refractivity contribution in [2.24, 2.45) is 10.9 Å². The van der Waals surface area contributed by atoms with E-state index < -0.39 is 0 Å². The molecule has 0 radical (unpaired) electrons. The first-order valence-corrected chi connectivity index (χ1v) is 7.80. The van der Waals surface area contributed by atoms with Crippen LogP contribution in [0.1, 0.15) is 10.4 Å². The van der Waals surface area contributed by atoms with Crippen LogP contribution in [0.2, 0.25) is 0 Å². The zero-order chi connectivity index (χ0) is 14.5. The molecule has 0 unspecified atom stereocenters. The fraction of sp³-hybridized carbons (Fsp3) is 0.214. The fourth-order valence-electron chi connectivity index (χ4n) is 1.95. The highest BCUT2D eigenvalue weighted by atomic mass is 79.9. The number of nitrogens with two attached hydrogens (primary N) is 1. The standard InChI is InChI=1S/C14H16BrN3OS/c1-18(7-6-11-3-2-8-20-11)13-5-4-10(15)9-12(13)14(16)17-19/h2-5,8-9,19H,6-7H2,1H3,(H2,16,17). The third-order valence-corrected chi connectivity index (χ3v) is 4.46. The summed E-state index contributed by atoms with van der Waals surface area (Å²) in [5.41, 5.74) is 7.41. The molecule has 106 valence electrons. The third kappa shape index (κ3) is 3.52. The maximum absolute atomic E-state index is 8.90. The summed E-state index contributed by atoms with van der Waals surface area (Å²) in [6, 6.07) is 9.95. The zero-order valence-corrected chi connectivity index (χ0v) is 13.5.